The molecular weight excluding hydrogens is 280 g/mol. The number of benzene rings is 2. The standard InChI is InChI=1S/C21H30N2/c1-17(2)20(15-22)21(16-23(3)4,18-11-7-5-8-12-18)19-13-9-6-10-14-19/h5-14,17,20H,15-16,22H2,1-4H3. The average Bonchev–Trinajstić information content (AvgIpc) is 2.55. The maximum Gasteiger partial charge on any atom is 0.0372 e. The summed E-state index contributed by atoms with van der Waals surface area (Å²) in [7, 11) is 4.29. The molecule has 0 saturated carbocycles. The molecule has 2 nitrogen and oxygen atoms in total. The summed E-state index contributed by atoms with van der Waals surface area (Å²) in [4.78, 5) is 2.28. The fourth-order valence-electron chi connectivity index (χ4n) is 3.91. The van der Waals surface area contributed by atoms with Crippen molar-refractivity contribution in [1.82, 2.24) is 4.90 Å². The molecule has 0 amide bonds. The van der Waals surface area contributed by atoms with Crippen molar-refractivity contribution in [3.05, 3.63) is 71.8 Å². The Morgan fingerprint density at radius 3 is 1.61 bits per heavy atom. The van der Waals surface area contributed by atoms with E-state index >= 15 is 0 Å². The number of rotatable bonds is 7. The maximum absolute atomic E-state index is 6.29. The molecule has 23 heavy (non-hydrogen) atoms. The van der Waals surface area contributed by atoms with E-state index in [4.69, 9.17) is 5.73 Å². The first-order valence-electron chi connectivity index (χ1n) is 8.48. The Morgan fingerprint density at radius 1 is 0.870 bits per heavy atom. The molecule has 2 aromatic carbocycles. The Kier molecular flexibility index (Phi) is 5.97. The van der Waals surface area contributed by atoms with Crippen LogP contribution in [0.15, 0.2) is 60.7 Å². The van der Waals surface area contributed by atoms with Gasteiger partial charge in [0.15, 0.2) is 0 Å². The lowest BCUT2D eigenvalue weighted by Crippen LogP contribution is -2.49. The van der Waals surface area contributed by atoms with Gasteiger partial charge in [-0.3, -0.25) is 0 Å². The van der Waals surface area contributed by atoms with Crippen molar-refractivity contribution < 1.29 is 0 Å². The first kappa shape index (κ1) is 17.7. The predicted molar refractivity (Wildman–Crippen MR) is 99.6 cm³/mol. The molecule has 1 atom stereocenters. The van der Waals surface area contributed by atoms with Crippen LogP contribution in [0.1, 0.15) is 25.0 Å². The number of likely N-dealkylation sites (N-methyl/N-ethyl adjacent to an activating group) is 1. The van der Waals surface area contributed by atoms with Gasteiger partial charge in [0.2, 0.25) is 0 Å². The van der Waals surface area contributed by atoms with Crippen molar-refractivity contribution in [2.45, 2.75) is 19.3 Å². The average molecular weight is 310 g/mol. The third-order valence-electron chi connectivity index (χ3n) is 4.84. The van der Waals surface area contributed by atoms with Crippen LogP contribution >= 0.6 is 0 Å². The molecule has 124 valence electrons. The summed E-state index contributed by atoms with van der Waals surface area (Å²) in [6.07, 6.45) is 0. The third-order valence-corrected chi connectivity index (χ3v) is 4.84. The molecule has 0 aliphatic heterocycles. The van der Waals surface area contributed by atoms with Gasteiger partial charge in [0, 0.05) is 12.0 Å². The van der Waals surface area contributed by atoms with Crippen LogP contribution < -0.4 is 5.73 Å². The molecule has 2 heteroatoms. The summed E-state index contributed by atoms with van der Waals surface area (Å²) < 4.78 is 0. The molecule has 2 aromatic rings. The molecule has 0 bridgehead atoms. The Labute approximate surface area is 141 Å². The van der Waals surface area contributed by atoms with Gasteiger partial charge in [-0.15, -0.1) is 0 Å². The minimum atomic E-state index is -0.102. The van der Waals surface area contributed by atoms with Crippen molar-refractivity contribution >= 4 is 0 Å². The fraction of sp³-hybridized carbons (Fsp3) is 0.429. The quantitative estimate of drug-likeness (QED) is 0.843. The van der Waals surface area contributed by atoms with Crippen LogP contribution in [-0.4, -0.2) is 32.1 Å². The topological polar surface area (TPSA) is 29.3 Å². The van der Waals surface area contributed by atoms with Crippen molar-refractivity contribution in [2.24, 2.45) is 17.6 Å². The van der Waals surface area contributed by atoms with Gasteiger partial charge in [-0.25, -0.2) is 0 Å². The second kappa shape index (κ2) is 7.76. The molecular formula is C21H30N2. The van der Waals surface area contributed by atoms with Gasteiger partial charge in [-0.2, -0.15) is 0 Å². The van der Waals surface area contributed by atoms with Gasteiger partial charge in [0.05, 0.1) is 0 Å². The smallest absolute Gasteiger partial charge is 0.0372 e. The van der Waals surface area contributed by atoms with Crippen molar-refractivity contribution in [1.29, 1.82) is 0 Å². The van der Waals surface area contributed by atoms with Crippen LogP contribution in [0.25, 0.3) is 0 Å². The Balaban J connectivity index is 2.73. The normalized spacial score (nSPS) is 13.5. The summed E-state index contributed by atoms with van der Waals surface area (Å²) >= 11 is 0. The number of hydrogen-bond donors (Lipinski definition) is 1. The summed E-state index contributed by atoms with van der Waals surface area (Å²) in [5.41, 5.74) is 8.89. The third kappa shape index (κ3) is 3.65. The molecule has 0 saturated heterocycles. The zero-order valence-corrected chi connectivity index (χ0v) is 14.9. The minimum absolute atomic E-state index is 0.102. The van der Waals surface area contributed by atoms with Gasteiger partial charge in [0.25, 0.3) is 0 Å². The molecule has 0 aliphatic carbocycles. The van der Waals surface area contributed by atoms with Crippen LogP contribution in [0.2, 0.25) is 0 Å². The Hall–Kier alpha value is -1.64. The monoisotopic (exact) mass is 310 g/mol. The van der Waals surface area contributed by atoms with Gasteiger partial charge >= 0.3 is 0 Å². The van der Waals surface area contributed by atoms with Crippen LogP contribution in [0.3, 0.4) is 0 Å². The van der Waals surface area contributed by atoms with Crippen LogP contribution in [0.4, 0.5) is 0 Å². The molecule has 0 aliphatic rings. The zero-order valence-electron chi connectivity index (χ0n) is 14.9. The number of nitrogens with zero attached hydrogens (tertiary/aromatic N) is 1. The molecule has 0 aromatic heterocycles. The lowest BCUT2D eigenvalue weighted by molar-refractivity contribution is 0.195. The highest BCUT2D eigenvalue weighted by atomic mass is 15.1. The van der Waals surface area contributed by atoms with Crippen molar-refractivity contribution in [3.63, 3.8) is 0 Å². The highest BCUT2D eigenvalue weighted by Gasteiger charge is 2.43. The van der Waals surface area contributed by atoms with Crippen LogP contribution in [-0.2, 0) is 5.41 Å². The van der Waals surface area contributed by atoms with E-state index in [2.05, 4.69) is 93.5 Å². The second-order valence-electron chi connectivity index (χ2n) is 7.03. The first-order chi connectivity index (χ1) is 11.0. The highest BCUT2D eigenvalue weighted by molar-refractivity contribution is 5.41. The Bertz CT molecular complexity index is 536. The fourth-order valence-corrected chi connectivity index (χ4v) is 3.91. The number of hydrogen-bond acceptors (Lipinski definition) is 2. The van der Waals surface area contributed by atoms with E-state index < -0.39 is 0 Å². The lowest BCUT2D eigenvalue weighted by Gasteiger charge is -2.45. The summed E-state index contributed by atoms with van der Waals surface area (Å²) in [5.74, 6) is 0.870. The van der Waals surface area contributed by atoms with E-state index in [1.54, 1.807) is 0 Å². The molecule has 0 radical (unpaired) electrons. The number of nitrogens with two attached hydrogens (primary N) is 1. The molecule has 0 heterocycles. The lowest BCUT2D eigenvalue weighted by atomic mass is 9.62. The van der Waals surface area contributed by atoms with Crippen molar-refractivity contribution in [3.8, 4) is 0 Å². The van der Waals surface area contributed by atoms with E-state index in [0.717, 1.165) is 6.54 Å². The zero-order chi connectivity index (χ0) is 16.9. The predicted octanol–water partition coefficient (Wildman–Crippen LogP) is 3.77. The maximum atomic E-state index is 6.29. The summed E-state index contributed by atoms with van der Waals surface area (Å²) in [5, 5.41) is 0. The first-order valence-corrected chi connectivity index (χ1v) is 8.48. The van der Waals surface area contributed by atoms with Gasteiger partial charge in [0.1, 0.15) is 0 Å². The largest absolute Gasteiger partial charge is 0.330 e. The molecule has 1 unspecified atom stereocenters. The summed E-state index contributed by atoms with van der Waals surface area (Å²) in [6.45, 7) is 6.19. The molecule has 0 spiro atoms. The SMILES string of the molecule is CC(C)C(CN)C(CN(C)C)(c1ccccc1)c1ccccc1. The van der Waals surface area contributed by atoms with Gasteiger partial charge in [-0.1, -0.05) is 74.5 Å². The van der Waals surface area contributed by atoms with Crippen LogP contribution in [0, 0.1) is 11.8 Å². The van der Waals surface area contributed by atoms with Crippen LogP contribution in [0.5, 0.6) is 0 Å². The van der Waals surface area contributed by atoms with E-state index in [0.29, 0.717) is 18.4 Å². The van der Waals surface area contributed by atoms with E-state index in [1.165, 1.54) is 11.1 Å². The van der Waals surface area contributed by atoms with E-state index in [-0.39, 0.29) is 5.41 Å². The van der Waals surface area contributed by atoms with E-state index in [1.807, 2.05) is 0 Å². The molecule has 0 fully saturated rings. The molecule has 2 rings (SSSR count). The summed E-state index contributed by atoms with van der Waals surface area (Å²) in [6, 6.07) is 21.7. The van der Waals surface area contributed by atoms with Crippen molar-refractivity contribution in [2.75, 3.05) is 27.2 Å². The van der Waals surface area contributed by atoms with Gasteiger partial charge in [-0.05, 0) is 43.6 Å². The van der Waals surface area contributed by atoms with Gasteiger partial charge < -0.3 is 10.6 Å². The van der Waals surface area contributed by atoms with E-state index in [9.17, 15) is 0 Å². The minimum Gasteiger partial charge on any atom is -0.330 e. The highest BCUT2D eigenvalue weighted by Crippen LogP contribution is 2.42. The molecule has 2 N–H and O–H groups in total. The second-order valence-corrected chi connectivity index (χ2v) is 7.03. The Morgan fingerprint density at radius 2 is 1.30 bits per heavy atom.